The van der Waals surface area contributed by atoms with E-state index in [-0.39, 0.29) is 82.7 Å². The van der Waals surface area contributed by atoms with Crippen molar-refractivity contribution in [2.75, 3.05) is 67.2 Å². The van der Waals surface area contributed by atoms with Gasteiger partial charge in [0.05, 0.1) is 39.6 Å². The third-order valence-electron chi connectivity index (χ3n) is 20.5. The highest BCUT2D eigenvalue weighted by molar-refractivity contribution is 8.14. The molecule has 656 valence electrons. The number of aryl methyl sites for hydroxylation is 5. The van der Waals surface area contributed by atoms with Gasteiger partial charge in [-0.25, -0.2) is 34.1 Å². The van der Waals surface area contributed by atoms with E-state index in [1.165, 1.54) is 84.3 Å². The first-order valence-electron chi connectivity index (χ1n) is 39.7. The fourth-order valence-corrected chi connectivity index (χ4v) is 16.9. The number of thioether (sulfide) groups is 1. The third-order valence-corrected chi connectivity index (χ3v) is 37.8. The van der Waals surface area contributed by atoms with Gasteiger partial charge in [-0.15, -0.1) is 45.8 Å². The first-order chi connectivity index (χ1) is 56.1. The molecule has 120 heavy (non-hydrogen) atoms. The smallest absolute Gasteiger partial charge is 0.357 e. The first-order valence-corrected chi connectivity index (χ1v) is 52.1. The monoisotopic (exact) mass is 1780 g/mol. The average molecular weight is 1780 g/mol. The number of aliphatic imine (C=N–C) groups is 1. The van der Waals surface area contributed by atoms with E-state index >= 15 is 0 Å². The number of aliphatic hydroxyl groups is 1. The molecule has 0 radical (unpaired) electrons. The van der Waals surface area contributed by atoms with Gasteiger partial charge >= 0.3 is 23.9 Å². The number of aliphatic hydroxyl groups excluding tert-OH is 1. The number of benzene rings is 5. The molecule has 0 spiro atoms. The lowest BCUT2D eigenvalue weighted by atomic mass is 10.2. The standard InChI is InChI=1S/C21H33NO4SSi.C21H31NO4SSi.C17H27NO2Si.C15H17NO4S.C15H15NO4S.CH4/c2*1-8-15-9-11-16(12-10-15)25-13-18(26-28(6,7)21(2,3)4)19-22-17(14-27-19)20(23)24-5;1-7-14-8-10-15(11-9-14)19-13-16(12-18)20-21(5,6)17(2,3)4;2*1-3-10-4-6-11(7-5-10)20-8-13(17)14-16-12(9-21-14)15(18)19-2;/h9-12,17-18H,8,13-14H2,1-7H3;9-12,14,18H,8,13H2,1-7H3;8-11,16H,7,13H2,1-6H3;4-7,9,13,17H,3,8H2,1-2H3;4-7,9H,3,8H2,1-2H3;1H4. The van der Waals surface area contributed by atoms with Crippen LogP contribution in [0.15, 0.2) is 142 Å². The Kier molecular flexibility index (Phi) is 42.9. The van der Waals surface area contributed by atoms with E-state index in [2.05, 4.69) is 196 Å². The zero-order valence-corrected chi connectivity index (χ0v) is 80.0. The second kappa shape index (κ2) is 49.6. The van der Waals surface area contributed by atoms with Crippen molar-refractivity contribution in [2.45, 2.75) is 221 Å². The molecule has 0 fully saturated rings. The topological polar surface area (TPSA) is 291 Å². The summed E-state index contributed by atoms with van der Waals surface area (Å²) in [6.07, 6.45) is 2.91. The van der Waals surface area contributed by atoms with E-state index < -0.39 is 61.1 Å². The molecule has 0 saturated heterocycles. The number of ether oxygens (including phenoxy) is 9. The van der Waals surface area contributed by atoms with Gasteiger partial charge in [0.1, 0.15) is 83.5 Å². The minimum atomic E-state index is -2.06. The Bertz CT molecular complexity index is 4510. The summed E-state index contributed by atoms with van der Waals surface area (Å²) in [6.45, 7) is 44.3. The average Bonchev–Trinajstić information content (AvgIpc) is 1.59. The molecular weight excluding hydrogens is 1650 g/mol. The van der Waals surface area contributed by atoms with Crippen molar-refractivity contribution in [3.63, 3.8) is 0 Å². The van der Waals surface area contributed by atoms with Crippen LogP contribution in [0.5, 0.6) is 28.7 Å². The molecule has 1 aliphatic rings. The summed E-state index contributed by atoms with van der Waals surface area (Å²) in [6, 6.07) is 41.2. The summed E-state index contributed by atoms with van der Waals surface area (Å²) in [7, 11) is -0.726. The van der Waals surface area contributed by atoms with E-state index in [1.807, 2.05) is 97.1 Å². The molecule has 1 N–H and O–H groups in total. The molecule has 5 atom stereocenters. The van der Waals surface area contributed by atoms with Crippen LogP contribution in [0, 0.1) is 11.3 Å². The molecule has 0 saturated carbocycles. The number of rotatable bonds is 34. The number of nitrogens with zero attached hydrogens (tertiary/aromatic N) is 5. The largest absolute Gasteiger partial charge is 0.490 e. The van der Waals surface area contributed by atoms with Gasteiger partial charge in [0.15, 0.2) is 65.8 Å². The summed E-state index contributed by atoms with van der Waals surface area (Å²) in [5, 5.41) is 26.5. The van der Waals surface area contributed by atoms with Crippen molar-refractivity contribution in [1.82, 2.24) is 15.0 Å². The molecule has 8 aromatic rings. The van der Waals surface area contributed by atoms with E-state index in [1.54, 1.807) is 22.5 Å². The molecule has 23 nitrogen and oxygen atoms in total. The number of carbonyl (C=O) groups is 5. The highest BCUT2D eigenvalue weighted by Crippen LogP contribution is 2.42. The number of carbonyl (C=O) groups excluding carboxylic acids is 5. The lowest BCUT2D eigenvalue weighted by Gasteiger charge is -2.39. The van der Waals surface area contributed by atoms with Crippen molar-refractivity contribution in [2.24, 2.45) is 4.99 Å². The fraction of sp³-hybridized carbons (Fsp3) is 0.489. The molecule has 30 heteroatoms. The van der Waals surface area contributed by atoms with Crippen LogP contribution in [0.2, 0.25) is 54.4 Å². The van der Waals surface area contributed by atoms with Crippen molar-refractivity contribution >= 4 is 105 Å². The van der Waals surface area contributed by atoms with Crippen LogP contribution in [0.4, 0.5) is 0 Å². The van der Waals surface area contributed by atoms with Crippen LogP contribution in [0.3, 0.4) is 0 Å². The van der Waals surface area contributed by atoms with Crippen molar-refractivity contribution in [3.05, 3.63) is 197 Å². The summed E-state index contributed by atoms with van der Waals surface area (Å²) >= 11 is 5.26. The Morgan fingerprint density at radius 1 is 0.450 bits per heavy atom. The van der Waals surface area contributed by atoms with Gasteiger partial charge in [-0.2, -0.15) is 5.26 Å². The first kappa shape index (κ1) is 104. The second-order valence-electron chi connectivity index (χ2n) is 32.2. The number of nitriles is 1. The molecule has 0 amide bonds. The Morgan fingerprint density at radius 2 is 0.775 bits per heavy atom. The predicted molar refractivity (Wildman–Crippen MR) is 489 cm³/mol. The Hall–Kier alpha value is -8.46. The Morgan fingerprint density at radius 3 is 1.14 bits per heavy atom. The second-order valence-corrected chi connectivity index (χ2v) is 50.1. The normalized spacial score (nSPS) is 13.7. The van der Waals surface area contributed by atoms with Gasteiger partial charge in [0.2, 0.25) is 5.78 Å². The Balaban J connectivity index is 0.000000317. The van der Waals surface area contributed by atoms with Crippen LogP contribution in [0.1, 0.15) is 196 Å². The minimum Gasteiger partial charge on any atom is -0.490 e. The molecule has 1 aliphatic heterocycles. The van der Waals surface area contributed by atoms with Gasteiger partial charge in [0.25, 0.3) is 0 Å². The van der Waals surface area contributed by atoms with Crippen LogP contribution in [-0.4, -0.2) is 165 Å². The molecule has 9 rings (SSSR count). The lowest BCUT2D eigenvalue weighted by molar-refractivity contribution is -0.141. The molecule has 3 aromatic heterocycles. The fourth-order valence-electron chi connectivity index (χ4n) is 9.78. The number of aromatic nitrogens is 3. The number of Topliss-reactive ketones (excluding diaryl/α,β-unsaturated/α-hetero) is 1. The van der Waals surface area contributed by atoms with Gasteiger partial charge in [0, 0.05) is 21.9 Å². The van der Waals surface area contributed by atoms with Crippen molar-refractivity contribution in [3.8, 4) is 34.8 Å². The van der Waals surface area contributed by atoms with Crippen LogP contribution >= 0.6 is 45.8 Å². The lowest BCUT2D eigenvalue weighted by Crippen LogP contribution is -2.47. The van der Waals surface area contributed by atoms with Crippen LogP contribution < -0.4 is 23.7 Å². The summed E-state index contributed by atoms with van der Waals surface area (Å²) < 4.78 is 66.7. The zero-order valence-electron chi connectivity index (χ0n) is 73.7. The maximum Gasteiger partial charge on any atom is 0.357 e. The van der Waals surface area contributed by atoms with E-state index in [9.17, 15) is 34.3 Å². The van der Waals surface area contributed by atoms with E-state index in [0.717, 1.165) is 70.7 Å². The highest BCUT2D eigenvalue weighted by Gasteiger charge is 2.44. The molecule has 5 unspecified atom stereocenters. The number of hydrogen-bond donors (Lipinski definition) is 1. The summed E-state index contributed by atoms with van der Waals surface area (Å²) in [5.41, 5.74) is 6.89. The van der Waals surface area contributed by atoms with E-state index in [0.29, 0.717) is 41.2 Å². The maximum absolute atomic E-state index is 11.9. The number of thiazole rings is 3. The quantitative estimate of drug-likeness (QED) is 0.0170. The van der Waals surface area contributed by atoms with Crippen LogP contribution in [0.25, 0.3) is 0 Å². The summed E-state index contributed by atoms with van der Waals surface area (Å²) in [5.74, 6) is 2.23. The van der Waals surface area contributed by atoms with Gasteiger partial charge in [-0.05, 0) is 175 Å². The van der Waals surface area contributed by atoms with Gasteiger partial charge in [-0.3, -0.25) is 9.79 Å². The van der Waals surface area contributed by atoms with Crippen molar-refractivity contribution < 1.29 is 85.0 Å². The van der Waals surface area contributed by atoms with Gasteiger partial charge < -0.3 is 61.0 Å². The Labute approximate surface area is 731 Å². The SMILES string of the molecule is C.CCc1ccc(OCC(=O)c2nc(C(=O)OC)cs2)cc1.CCc1ccc(OCC(C#N)O[Si](C)(C)C(C)(C)C)cc1.CCc1ccc(OCC(O)c2nc(C(=O)OC)cs2)cc1.CCc1ccc(OCC(O[Si](C)(C)C(C)(C)C)C2=NC(C(=O)OC)CS2)cc1.CCc1ccc(OCC(O[Si](C)(C)C(C)(C)C)c2nc(C(=O)OC)cs2)cc1. The molecule has 0 aliphatic carbocycles. The summed E-state index contributed by atoms with van der Waals surface area (Å²) in [4.78, 5) is 75.2. The van der Waals surface area contributed by atoms with E-state index in [4.69, 9.17) is 46.4 Å². The molecule has 0 bridgehead atoms. The number of ketones is 1. The van der Waals surface area contributed by atoms with Crippen molar-refractivity contribution in [1.29, 1.82) is 5.26 Å². The third kappa shape index (κ3) is 33.4. The molecule has 5 aromatic carbocycles. The highest BCUT2D eigenvalue weighted by atomic mass is 32.2. The molecule has 4 heterocycles. The molecular formula is C90H127N5O18S4Si3. The number of esters is 4. The minimum absolute atomic E-state index is 0. The number of hydrogen-bond acceptors (Lipinski definition) is 27. The zero-order chi connectivity index (χ0) is 88.5. The maximum atomic E-state index is 11.9. The van der Waals surface area contributed by atoms with Crippen LogP contribution in [-0.2, 0) is 69.1 Å². The number of methoxy groups -OCH3 is 4. The van der Waals surface area contributed by atoms with Gasteiger partial charge in [-0.1, -0.05) is 165 Å². The predicted octanol–water partition coefficient (Wildman–Crippen LogP) is 20.9.